The number of likely N-dealkylation sites (tertiary alicyclic amines) is 1. The predicted molar refractivity (Wildman–Crippen MR) is 99.3 cm³/mol. The molecule has 0 aliphatic carbocycles. The Bertz CT molecular complexity index is 1010. The van der Waals surface area contributed by atoms with Gasteiger partial charge in [-0.05, 0) is 23.3 Å². The molecule has 0 spiro atoms. The van der Waals surface area contributed by atoms with Crippen molar-refractivity contribution in [3.05, 3.63) is 48.5 Å². The molecule has 0 saturated carbocycles. The summed E-state index contributed by atoms with van der Waals surface area (Å²) in [6, 6.07) is 15.8. The molecule has 1 fully saturated rings. The van der Waals surface area contributed by atoms with Gasteiger partial charge in [0.2, 0.25) is 5.67 Å². The number of anilines is 1. The molecule has 7 heteroatoms. The van der Waals surface area contributed by atoms with E-state index in [0.29, 0.717) is 5.13 Å². The first kappa shape index (κ1) is 16.5. The number of amides is 1. The third-order valence-corrected chi connectivity index (χ3v) is 5.42. The Morgan fingerprint density at radius 3 is 2.81 bits per heavy atom. The van der Waals surface area contributed by atoms with Crippen molar-refractivity contribution >= 4 is 32.6 Å². The highest BCUT2D eigenvalue weighted by Crippen LogP contribution is 2.32. The fourth-order valence-electron chi connectivity index (χ4n) is 3.04. The van der Waals surface area contributed by atoms with Gasteiger partial charge in [-0.25, -0.2) is 9.37 Å². The number of alkyl halides is 1. The van der Waals surface area contributed by atoms with E-state index in [-0.39, 0.29) is 19.5 Å². The minimum Gasteiger partial charge on any atom is -0.307 e. The van der Waals surface area contributed by atoms with E-state index in [2.05, 4.69) is 10.3 Å². The monoisotopic (exact) mass is 366 g/mol. The maximum Gasteiger partial charge on any atom is 0.265 e. The van der Waals surface area contributed by atoms with Crippen LogP contribution in [0.5, 0.6) is 0 Å². The van der Waals surface area contributed by atoms with Crippen LogP contribution in [-0.4, -0.2) is 34.5 Å². The number of nitrogens with one attached hydrogen (secondary N) is 1. The van der Waals surface area contributed by atoms with Gasteiger partial charge in [-0.15, -0.1) is 0 Å². The van der Waals surface area contributed by atoms with E-state index in [1.165, 1.54) is 16.2 Å². The zero-order valence-corrected chi connectivity index (χ0v) is 14.6. The van der Waals surface area contributed by atoms with Crippen molar-refractivity contribution in [1.82, 2.24) is 9.88 Å². The zero-order valence-electron chi connectivity index (χ0n) is 13.8. The van der Waals surface area contributed by atoms with Gasteiger partial charge >= 0.3 is 0 Å². The minimum atomic E-state index is -2.05. The van der Waals surface area contributed by atoms with Gasteiger partial charge in [0.05, 0.1) is 16.8 Å². The molecular weight excluding hydrogens is 351 g/mol. The quantitative estimate of drug-likeness (QED) is 0.716. The van der Waals surface area contributed by atoms with Gasteiger partial charge in [0.15, 0.2) is 11.3 Å². The number of benzene rings is 2. The van der Waals surface area contributed by atoms with E-state index in [0.717, 1.165) is 21.3 Å². The Morgan fingerprint density at radius 2 is 2.08 bits per heavy atom. The first-order valence-electron chi connectivity index (χ1n) is 8.18. The van der Waals surface area contributed by atoms with E-state index in [1.54, 1.807) is 0 Å². The summed E-state index contributed by atoms with van der Waals surface area (Å²) in [5.74, 6) is -0.738. The fourth-order valence-corrected chi connectivity index (χ4v) is 3.94. The summed E-state index contributed by atoms with van der Waals surface area (Å²) in [5.41, 5.74) is 0.853. The second-order valence-corrected chi connectivity index (χ2v) is 7.29. The maximum absolute atomic E-state index is 14.7. The van der Waals surface area contributed by atoms with Crippen LogP contribution < -0.4 is 5.32 Å². The Labute approximate surface area is 153 Å². The smallest absolute Gasteiger partial charge is 0.265 e. The lowest BCUT2D eigenvalue weighted by Crippen LogP contribution is -2.40. The van der Waals surface area contributed by atoms with Crippen molar-refractivity contribution < 1.29 is 9.18 Å². The van der Waals surface area contributed by atoms with Crippen molar-refractivity contribution in [2.24, 2.45) is 0 Å². The van der Waals surface area contributed by atoms with Gasteiger partial charge in [-0.3, -0.25) is 10.1 Å². The number of thiazole rings is 1. The van der Waals surface area contributed by atoms with E-state index in [4.69, 9.17) is 5.26 Å². The first-order chi connectivity index (χ1) is 12.6. The Hall–Kier alpha value is -2.98. The molecule has 26 heavy (non-hydrogen) atoms. The highest BCUT2D eigenvalue weighted by molar-refractivity contribution is 7.22. The standard InChI is InChI=1S/C19H15FN4OS/c20-19(8-9-24(11-19)12-21)17(25)23-18-22-15-7-6-14(10-16(15)26-18)13-4-2-1-3-5-13/h1-7,10H,8-9,11H2,(H,22,23,25). The summed E-state index contributed by atoms with van der Waals surface area (Å²) >= 11 is 1.31. The van der Waals surface area contributed by atoms with Crippen molar-refractivity contribution in [3.8, 4) is 17.3 Å². The number of carbonyl (C=O) groups is 1. The van der Waals surface area contributed by atoms with E-state index >= 15 is 0 Å². The second kappa shape index (κ2) is 6.39. The molecule has 1 unspecified atom stereocenters. The largest absolute Gasteiger partial charge is 0.307 e. The lowest BCUT2D eigenvalue weighted by atomic mass is 10.1. The second-order valence-electron chi connectivity index (χ2n) is 6.26. The molecule has 2 heterocycles. The number of carbonyl (C=O) groups excluding carboxylic acids is 1. The molecule has 1 aliphatic heterocycles. The van der Waals surface area contributed by atoms with Crippen molar-refractivity contribution in [3.63, 3.8) is 0 Å². The van der Waals surface area contributed by atoms with E-state index in [1.807, 2.05) is 54.7 Å². The zero-order chi connectivity index (χ0) is 18.1. The average Bonchev–Trinajstić information content (AvgIpc) is 3.25. The predicted octanol–water partition coefficient (Wildman–Crippen LogP) is 3.80. The van der Waals surface area contributed by atoms with Crippen LogP contribution in [0.15, 0.2) is 48.5 Å². The molecule has 1 aromatic heterocycles. The number of hydrogen-bond acceptors (Lipinski definition) is 5. The minimum absolute atomic E-state index is 0.00937. The normalized spacial score (nSPS) is 19.5. The Kier molecular flexibility index (Phi) is 4.05. The van der Waals surface area contributed by atoms with Gasteiger partial charge in [0.25, 0.3) is 5.91 Å². The Balaban J connectivity index is 1.56. The summed E-state index contributed by atoms with van der Waals surface area (Å²) < 4.78 is 15.7. The summed E-state index contributed by atoms with van der Waals surface area (Å²) in [5, 5.41) is 11.8. The van der Waals surface area contributed by atoms with Crippen molar-refractivity contribution in [1.29, 1.82) is 5.26 Å². The topological polar surface area (TPSA) is 69.0 Å². The van der Waals surface area contributed by atoms with Crippen molar-refractivity contribution in [2.45, 2.75) is 12.1 Å². The molecule has 0 bridgehead atoms. The van der Waals surface area contributed by atoms with Crippen molar-refractivity contribution in [2.75, 3.05) is 18.4 Å². The Morgan fingerprint density at radius 1 is 1.27 bits per heavy atom. The number of nitrogens with zero attached hydrogens (tertiary/aromatic N) is 3. The summed E-state index contributed by atoms with van der Waals surface area (Å²) in [6.07, 6.45) is 1.89. The molecule has 1 saturated heterocycles. The molecular formula is C19H15FN4OS. The molecule has 5 nitrogen and oxygen atoms in total. The molecule has 1 aliphatic rings. The maximum atomic E-state index is 14.7. The molecule has 1 N–H and O–H groups in total. The number of nitriles is 1. The molecule has 0 radical (unpaired) electrons. The first-order valence-corrected chi connectivity index (χ1v) is 9.00. The molecule has 130 valence electrons. The number of aromatic nitrogens is 1. The van der Waals surface area contributed by atoms with Crippen LogP contribution in [0, 0.1) is 11.5 Å². The fraction of sp³-hybridized carbons (Fsp3) is 0.211. The van der Waals surface area contributed by atoms with Crippen LogP contribution in [0.25, 0.3) is 21.3 Å². The molecule has 4 rings (SSSR count). The van der Waals surface area contributed by atoms with Crippen LogP contribution in [0.3, 0.4) is 0 Å². The van der Waals surface area contributed by atoms with Crippen LogP contribution in [0.4, 0.5) is 9.52 Å². The highest BCUT2D eigenvalue weighted by Gasteiger charge is 2.45. The number of hydrogen-bond donors (Lipinski definition) is 1. The van der Waals surface area contributed by atoms with E-state index < -0.39 is 11.6 Å². The lowest BCUT2D eigenvalue weighted by molar-refractivity contribution is -0.126. The van der Waals surface area contributed by atoms with Gasteiger partial charge in [0.1, 0.15) is 0 Å². The van der Waals surface area contributed by atoms with Crippen LogP contribution in [0.1, 0.15) is 6.42 Å². The summed E-state index contributed by atoms with van der Waals surface area (Å²) in [7, 11) is 0. The van der Waals surface area contributed by atoms with Crippen LogP contribution in [-0.2, 0) is 4.79 Å². The van der Waals surface area contributed by atoms with Gasteiger partial charge in [-0.2, -0.15) is 5.26 Å². The molecule has 1 atom stereocenters. The van der Waals surface area contributed by atoms with Gasteiger partial charge < -0.3 is 4.90 Å². The third kappa shape index (κ3) is 3.00. The molecule has 2 aromatic carbocycles. The number of halogens is 1. The van der Waals surface area contributed by atoms with E-state index in [9.17, 15) is 9.18 Å². The lowest BCUT2D eigenvalue weighted by Gasteiger charge is -2.16. The number of rotatable bonds is 3. The number of fused-ring (bicyclic) bond motifs is 1. The highest BCUT2D eigenvalue weighted by atomic mass is 32.1. The van der Waals surface area contributed by atoms with Gasteiger partial charge in [0, 0.05) is 13.0 Å². The van der Waals surface area contributed by atoms with Crippen LogP contribution in [0.2, 0.25) is 0 Å². The third-order valence-electron chi connectivity index (χ3n) is 4.48. The SMILES string of the molecule is N#CN1CCC(F)(C(=O)Nc2nc3ccc(-c4ccccc4)cc3s2)C1. The van der Waals surface area contributed by atoms with Crippen LogP contribution >= 0.6 is 11.3 Å². The van der Waals surface area contributed by atoms with Gasteiger partial charge in [-0.1, -0.05) is 47.7 Å². The average molecular weight is 366 g/mol. The summed E-state index contributed by atoms with van der Waals surface area (Å²) in [4.78, 5) is 17.9. The summed E-state index contributed by atoms with van der Waals surface area (Å²) in [6.45, 7) is 0.0408. The molecule has 1 amide bonds. The molecule has 3 aromatic rings.